The molecule has 0 atom stereocenters. The van der Waals surface area contributed by atoms with Gasteiger partial charge in [0.2, 0.25) is 0 Å². The van der Waals surface area contributed by atoms with E-state index in [4.69, 9.17) is 16.1 Å². The Balaban J connectivity index is 1.90. The van der Waals surface area contributed by atoms with Crippen LogP contribution in [-0.4, -0.2) is 20.4 Å². The van der Waals surface area contributed by atoms with E-state index in [2.05, 4.69) is 10.1 Å². The Labute approximate surface area is 125 Å². The van der Waals surface area contributed by atoms with Crippen LogP contribution in [0.25, 0.3) is 11.5 Å². The van der Waals surface area contributed by atoms with Gasteiger partial charge in [0.15, 0.2) is 17.3 Å². The van der Waals surface area contributed by atoms with Crippen molar-refractivity contribution in [1.82, 2.24) is 10.1 Å². The molecule has 0 aliphatic heterocycles. The van der Waals surface area contributed by atoms with Crippen LogP contribution in [0, 0.1) is 0 Å². The van der Waals surface area contributed by atoms with Crippen LogP contribution in [0.5, 0.6) is 11.5 Å². The van der Waals surface area contributed by atoms with Crippen molar-refractivity contribution in [2.45, 2.75) is 6.42 Å². The summed E-state index contributed by atoms with van der Waals surface area (Å²) >= 11 is 6.08. The molecule has 3 rings (SSSR count). The first-order chi connectivity index (χ1) is 10.1. The van der Waals surface area contributed by atoms with Crippen LogP contribution >= 0.6 is 11.6 Å². The monoisotopic (exact) mass is 302 g/mol. The molecule has 0 radical (unpaired) electrons. The van der Waals surface area contributed by atoms with Crippen LogP contribution < -0.4 is 0 Å². The van der Waals surface area contributed by atoms with E-state index >= 15 is 0 Å². The minimum atomic E-state index is -0.287. The van der Waals surface area contributed by atoms with Gasteiger partial charge in [0.25, 0.3) is 5.89 Å². The van der Waals surface area contributed by atoms with Crippen molar-refractivity contribution >= 4 is 11.6 Å². The Morgan fingerprint density at radius 1 is 1.05 bits per heavy atom. The van der Waals surface area contributed by atoms with Crippen molar-refractivity contribution in [2.24, 2.45) is 0 Å². The molecule has 0 saturated heterocycles. The van der Waals surface area contributed by atoms with Gasteiger partial charge in [-0.1, -0.05) is 41.0 Å². The number of aromatic hydroxyl groups is 2. The van der Waals surface area contributed by atoms with Gasteiger partial charge in [-0.3, -0.25) is 0 Å². The van der Waals surface area contributed by atoms with Gasteiger partial charge in [0.05, 0.1) is 5.56 Å². The largest absolute Gasteiger partial charge is 0.504 e. The number of rotatable bonds is 3. The summed E-state index contributed by atoms with van der Waals surface area (Å²) in [4.78, 5) is 4.21. The molecule has 106 valence electrons. The molecule has 0 bridgehead atoms. The summed E-state index contributed by atoms with van der Waals surface area (Å²) in [7, 11) is 0. The normalized spacial score (nSPS) is 10.7. The van der Waals surface area contributed by atoms with Crippen molar-refractivity contribution in [3.05, 3.63) is 58.9 Å². The van der Waals surface area contributed by atoms with Crippen LogP contribution in [0.15, 0.2) is 47.0 Å². The highest BCUT2D eigenvalue weighted by molar-refractivity contribution is 6.31. The third kappa shape index (κ3) is 2.68. The molecular weight excluding hydrogens is 292 g/mol. The Kier molecular flexibility index (Phi) is 3.50. The number of para-hydroxylation sites is 1. The Morgan fingerprint density at radius 3 is 2.67 bits per heavy atom. The highest BCUT2D eigenvalue weighted by Crippen LogP contribution is 2.35. The third-order valence-corrected chi connectivity index (χ3v) is 3.39. The standard InChI is InChI=1S/C15H11ClN2O3/c16-11-6-2-1-4-9(11)8-13-17-15(21-18-13)10-5-3-7-12(19)14(10)20/h1-7,19-20H,8H2. The first kappa shape index (κ1) is 13.5. The maximum atomic E-state index is 9.80. The zero-order valence-electron chi connectivity index (χ0n) is 10.8. The summed E-state index contributed by atoms with van der Waals surface area (Å²) in [6.45, 7) is 0. The molecule has 21 heavy (non-hydrogen) atoms. The van der Waals surface area contributed by atoms with Gasteiger partial charge in [-0.05, 0) is 23.8 Å². The molecule has 1 aromatic heterocycles. The Bertz CT molecular complexity index is 786. The van der Waals surface area contributed by atoms with E-state index in [-0.39, 0.29) is 23.0 Å². The lowest BCUT2D eigenvalue weighted by atomic mass is 10.1. The summed E-state index contributed by atoms with van der Waals surface area (Å²) in [6, 6.07) is 11.9. The summed E-state index contributed by atoms with van der Waals surface area (Å²) in [5, 5.41) is 23.8. The van der Waals surface area contributed by atoms with Crippen molar-refractivity contribution in [2.75, 3.05) is 0 Å². The van der Waals surface area contributed by atoms with Crippen LogP contribution in [0.3, 0.4) is 0 Å². The topological polar surface area (TPSA) is 79.4 Å². The molecule has 0 aliphatic rings. The minimum absolute atomic E-state index is 0.144. The first-order valence-electron chi connectivity index (χ1n) is 6.22. The predicted molar refractivity (Wildman–Crippen MR) is 77.3 cm³/mol. The highest BCUT2D eigenvalue weighted by atomic mass is 35.5. The van der Waals surface area contributed by atoms with Crippen LogP contribution in [0.4, 0.5) is 0 Å². The number of aromatic nitrogens is 2. The van der Waals surface area contributed by atoms with Crippen molar-refractivity contribution in [1.29, 1.82) is 0 Å². The van der Waals surface area contributed by atoms with Crippen molar-refractivity contribution in [3.8, 4) is 23.0 Å². The Morgan fingerprint density at radius 2 is 1.86 bits per heavy atom. The zero-order valence-corrected chi connectivity index (χ0v) is 11.6. The van der Waals surface area contributed by atoms with Crippen LogP contribution in [-0.2, 0) is 6.42 Å². The third-order valence-electron chi connectivity index (χ3n) is 3.02. The van der Waals surface area contributed by atoms with Gasteiger partial charge in [-0.2, -0.15) is 4.98 Å². The van der Waals surface area contributed by atoms with E-state index < -0.39 is 0 Å². The van der Waals surface area contributed by atoms with Gasteiger partial charge in [0.1, 0.15) is 0 Å². The number of nitrogens with zero attached hydrogens (tertiary/aromatic N) is 2. The summed E-state index contributed by atoms with van der Waals surface area (Å²) in [5.74, 6) is 0.0649. The smallest absolute Gasteiger partial charge is 0.261 e. The molecule has 0 amide bonds. The van der Waals surface area contributed by atoms with Gasteiger partial charge in [0, 0.05) is 11.4 Å². The zero-order chi connectivity index (χ0) is 14.8. The first-order valence-corrected chi connectivity index (χ1v) is 6.60. The average molecular weight is 303 g/mol. The number of phenolic OH excluding ortho intramolecular Hbond substituents is 2. The average Bonchev–Trinajstić information content (AvgIpc) is 2.93. The SMILES string of the molecule is Oc1cccc(-c2nc(Cc3ccccc3Cl)no2)c1O. The highest BCUT2D eigenvalue weighted by Gasteiger charge is 2.15. The molecule has 0 spiro atoms. The molecule has 1 heterocycles. The number of benzene rings is 2. The second-order valence-corrected chi connectivity index (χ2v) is 4.86. The quantitative estimate of drug-likeness (QED) is 0.725. The molecule has 0 aliphatic carbocycles. The Hall–Kier alpha value is -2.53. The van der Waals surface area contributed by atoms with Crippen molar-refractivity contribution in [3.63, 3.8) is 0 Å². The van der Waals surface area contributed by atoms with Gasteiger partial charge >= 0.3 is 0 Å². The summed E-state index contributed by atoms with van der Waals surface area (Å²) in [6.07, 6.45) is 0.419. The predicted octanol–water partition coefficient (Wildman–Crippen LogP) is 3.39. The van der Waals surface area contributed by atoms with Crippen LogP contribution in [0.2, 0.25) is 5.02 Å². The lowest BCUT2D eigenvalue weighted by Gasteiger charge is -2.00. The number of hydrogen-bond acceptors (Lipinski definition) is 5. The van der Waals surface area contributed by atoms with Gasteiger partial charge in [-0.15, -0.1) is 0 Å². The van der Waals surface area contributed by atoms with E-state index in [9.17, 15) is 10.2 Å². The van der Waals surface area contributed by atoms with Gasteiger partial charge < -0.3 is 14.7 Å². The van der Waals surface area contributed by atoms with Crippen molar-refractivity contribution < 1.29 is 14.7 Å². The fourth-order valence-corrected chi connectivity index (χ4v) is 2.15. The molecule has 5 nitrogen and oxygen atoms in total. The van der Waals surface area contributed by atoms with E-state index in [1.807, 2.05) is 18.2 Å². The molecular formula is C15H11ClN2O3. The molecule has 0 fully saturated rings. The second kappa shape index (κ2) is 5.46. The summed E-state index contributed by atoms with van der Waals surface area (Å²) in [5.41, 5.74) is 1.17. The van der Waals surface area contributed by atoms with E-state index in [1.54, 1.807) is 18.2 Å². The van der Waals surface area contributed by atoms with E-state index in [0.29, 0.717) is 17.3 Å². The van der Waals surface area contributed by atoms with Crippen LogP contribution in [0.1, 0.15) is 11.4 Å². The molecule has 2 N–H and O–H groups in total. The van der Waals surface area contributed by atoms with Gasteiger partial charge in [-0.25, -0.2) is 0 Å². The molecule has 0 unspecified atom stereocenters. The maximum absolute atomic E-state index is 9.80. The molecule has 3 aromatic rings. The summed E-state index contributed by atoms with van der Waals surface area (Å²) < 4.78 is 5.12. The number of phenols is 2. The molecule has 2 aromatic carbocycles. The molecule has 0 saturated carbocycles. The fourth-order valence-electron chi connectivity index (χ4n) is 1.95. The minimum Gasteiger partial charge on any atom is -0.504 e. The second-order valence-electron chi connectivity index (χ2n) is 4.46. The van der Waals surface area contributed by atoms with E-state index in [0.717, 1.165) is 5.56 Å². The lowest BCUT2D eigenvalue weighted by Crippen LogP contribution is -1.91. The lowest BCUT2D eigenvalue weighted by molar-refractivity contribution is 0.396. The number of hydrogen-bond donors (Lipinski definition) is 2. The number of halogens is 1. The van der Waals surface area contributed by atoms with E-state index in [1.165, 1.54) is 6.07 Å². The molecule has 6 heteroatoms. The maximum Gasteiger partial charge on any atom is 0.261 e. The fraction of sp³-hybridized carbons (Fsp3) is 0.0667.